The van der Waals surface area contributed by atoms with Crippen molar-refractivity contribution < 1.29 is 4.79 Å². The molecule has 1 aliphatic heterocycles. The van der Waals surface area contributed by atoms with E-state index in [2.05, 4.69) is 16.8 Å². The third-order valence-electron chi connectivity index (χ3n) is 3.68. The van der Waals surface area contributed by atoms with Gasteiger partial charge in [-0.25, -0.2) is 0 Å². The van der Waals surface area contributed by atoms with Gasteiger partial charge in [0.1, 0.15) is 0 Å². The molecule has 1 fully saturated rings. The van der Waals surface area contributed by atoms with Crippen LogP contribution in [-0.4, -0.2) is 55.4 Å². The number of hydrogen-bond acceptors (Lipinski definition) is 3. The smallest absolute Gasteiger partial charge is 0.156 e. The van der Waals surface area contributed by atoms with E-state index in [0.717, 1.165) is 38.3 Å². The Bertz CT molecular complexity index is 523. The molecule has 0 radical (unpaired) electrons. The summed E-state index contributed by atoms with van der Waals surface area (Å²) in [7, 11) is 2.13. The number of rotatable bonds is 5. The molecule has 3 nitrogen and oxygen atoms in total. The number of ketones is 1. The fourth-order valence-corrected chi connectivity index (χ4v) is 2.71. The summed E-state index contributed by atoms with van der Waals surface area (Å²) in [6.45, 7) is 5.05. The van der Waals surface area contributed by atoms with E-state index < -0.39 is 0 Å². The van der Waals surface area contributed by atoms with E-state index >= 15 is 0 Å². The van der Waals surface area contributed by atoms with Crippen molar-refractivity contribution in [3.05, 3.63) is 39.9 Å². The van der Waals surface area contributed by atoms with Gasteiger partial charge >= 0.3 is 0 Å². The van der Waals surface area contributed by atoms with Crippen molar-refractivity contribution in [2.24, 2.45) is 0 Å². The van der Waals surface area contributed by atoms with Crippen molar-refractivity contribution in [3.63, 3.8) is 0 Å². The second-order valence-electron chi connectivity index (χ2n) is 5.36. The Labute approximate surface area is 136 Å². The van der Waals surface area contributed by atoms with Crippen LogP contribution in [0.3, 0.4) is 0 Å². The molecular formula is C16H20Cl2N2O. The van der Waals surface area contributed by atoms with Crippen molar-refractivity contribution in [2.45, 2.75) is 6.42 Å². The molecule has 21 heavy (non-hydrogen) atoms. The van der Waals surface area contributed by atoms with Gasteiger partial charge in [-0.2, -0.15) is 0 Å². The van der Waals surface area contributed by atoms with Gasteiger partial charge in [-0.3, -0.25) is 4.79 Å². The van der Waals surface area contributed by atoms with Crippen molar-refractivity contribution >= 4 is 35.1 Å². The molecule has 1 saturated heterocycles. The quantitative estimate of drug-likeness (QED) is 0.776. The molecule has 0 saturated carbocycles. The molecule has 0 aliphatic carbocycles. The van der Waals surface area contributed by atoms with Crippen LogP contribution in [0.5, 0.6) is 0 Å². The summed E-state index contributed by atoms with van der Waals surface area (Å²) in [5, 5.41) is 1.16. The molecule has 1 aromatic rings. The zero-order valence-electron chi connectivity index (χ0n) is 12.2. The van der Waals surface area contributed by atoms with Crippen LogP contribution in [0.4, 0.5) is 0 Å². The van der Waals surface area contributed by atoms with Crippen LogP contribution in [0.25, 0.3) is 6.08 Å². The molecule has 1 aliphatic rings. The van der Waals surface area contributed by atoms with Crippen LogP contribution in [0.15, 0.2) is 24.3 Å². The number of nitrogens with zero attached hydrogens (tertiary/aromatic N) is 2. The minimum absolute atomic E-state index is 0.125. The molecule has 0 atom stereocenters. The van der Waals surface area contributed by atoms with Gasteiger partial charge < -0.3 is 9.80 Å². The number of hydrogen-bond donors (Lipinski definition) is 0. The number of benzene rings is 1. The van der Waals surface area contributed by atoms with Crippen LogP contribution in [0.2, 0.25) is 10.0 Å². The monoisotopic (exact) mass is 326 g/mol. The van der Waals surface area contributed by atoms with E-state index in [1.54, 1.807) is 24.3 Å². The first-order chi connectivity index (χ1) is 10.0. The van der Waals surface area contributed by atoms with Crippen molar-refractivity contribution in [1.82, 2.24) is 9.80 Å². The zero-order valence-corrected chi connectivity index (χ0v) is 13.7. The average Bonchev–Trinajstić information content (AvgIpc) is 2.46. The topological polar surface area (TPSA) is 23.6 Å². The van der Waals surface area contributed by atoms with Gasteiger partial charge in [0.2, 0.25) is 0 Å². The van der Waals surface area contributed by atoms with Crippen LogP contribution < -0.4 is 0 Å². The van der Waals surface area contributed by atoms with Crippen LogP contribution >= 0.6 is 23.2 Å². The molecule has 114 valence electrons. The van der Waals surface area contributed by atoms with Crippen molar-refractivity contribution in [3.8, 4) is 0 Å². The maximum absolute atomic E-state index is 11.9. The minimum atomic E-state index is 0.125. The highest BCUT2D eigenvalue weighted by atomic mass is 35.5. The van der Waals surface area contributed by atoms with Crippen molar-refractivity contribution in [2.75, 3.05) is 39.8 Å². The number of likely N-dealkylation sites (N-methyl/N-ethyl adjacent to an activating group) is 1. The summed E-state index contributed by atoms with van der Waals surface area (Å²) in [5.74, 6) is 0.125. The lowest BCUT2D eigenvalue weighted by Crippen LogP contribution is -2.44. The van der Waals surface area contributed by atoms with Gasteiger partial charge in [0.05, 0.1) is 0 Å². The molecule has 0 amide bonds. The Morgan fingerprint density at radius 3 is 2.62 bits per heavy atom. The van der Waals surface area contributed by atoms with Gasteiger partial charge in [-0.15, -0.1) is 0 Å². The Kier molecular flexibility index (Phi) is 6.24. The molecule has 0 aromatic heterocycles. The Balaban J connectivity index is 1.80. The molecule has 5 heteroatoms. The fourth-order valence-electron chi connectivity index (χ4n) is 2.24. The largest absolute Gasteiger partial charge is 0.304 e. The molecule has 2 rings (SSSR count). The molecule has 1 heterocycles. The van der Waals surface area contributed by atoms with Crippen LogP contribution in [0, 0.1) is 0 Å². The van der Waals surface area contributed by atoms with E-state index in [0.29, 0.717) is 16.5 Å². The van der Waals surface area contributed by atoms with Crippen LogP contribution in [0.1, 0.15) is 12.0 Å². The van der Waals surface area contributed by atoms with E-state index in [4.69, 9.17) is 23.2 Å². The highest BCUT2D eigenvalue weighted by molar-refractivity contribution is 6.35. The summed E-state index contributed by atoms with van der Waals surface area (Å²) in [6, 6.07) is 5.26. The maximum Gasteiger partial charge on any atom is 0.156 e. The Hall–Kier alpha value is -0.870. The lowest BCUT2D eigenvalue weighted by molar-refractivity contribution is -0.114. The molecule has 0 unspecified atom stereocenters. The third-order valence-corrected chi connectivity index (χ3v) is 4.24. The number of carbonyl (C=O) groups is 1. The summed E-state index contributed by atoms with van der Waals surface area (Å²) >= 11 is 11.9. The zero-order chi connectivity index (χ0) is 15.2. The Morgan fingerprint density at radius 2 is 1.95 bits per heavy atom. The van der Waals surface area contributed by atoms with Gasteiger partial charge in [0.15, 0.2) is 5.78 Å². The van der Waals surface area contributed by atoms with Gasteiger partial charge in [0, 0.05) is 49.2 Å². The second kappa shape index (κ2) is 7.95. The first kappa shape index (κ1) is 16.5. The molecule has 0 N–H and O–H groups in total. The Morgan fingerprint density at radius 1 is 1.24 bits per heavy atom. The minimum Gasteiger partial charge on any atom is -0.304 e. The van der Waals surface area contributed by atoms with Gasteiger partial charge in [-0.05, 0) is 36.9 Å². The molecular weight excluding hydrogens is 307 g/mol. The predicted molar refractivity (Wildman–Crippen MR) is 89.1 cm³/mol. The molecule has 0 spiro atoms. The lowest BCUT2D eigenvalue weighted by Gasteiger charge is -2.32. The fraction of sp³-hybridized carbons (Fsp3) is 0.438. The second-order valence-corrected chi connectivity index (χ2v) is 6.20. The van der Waals surface area contributed by atoms with Crippen LogP contribution in [-0.2, 0) is 4.79 Å². The molecule has 1 aromatic carbocycles. The van der Waals surface area contributed by atoms with Gasteiger partial charge in [0.25, 0.3) is 0 Å². The number of halogens is 2. The molecule has 0 bridgehead atoms. The average molecular weight is 327 g/mol. The first-order valence-corrected chi connectivity index (χ1v) is 7.87. The number of piperazine rings is 1. The summed E-state index contributed by atoms with van der Waals surface area (Å²) in [4.78, 5) is 16.5. The normalized spacial score (nSPS) is 17.5. The number of carbonyl (C=O) groups excluding carboxylic acids is 1. The highest BCUT2D eigenvalue weighted by Crippen LogP contribution is 2.22. The lowest BCUT2D eigenvalue weighted by atomic mass is 10.1. The summed E-state index contributed by atoms with van der Waals surface area (Å²) in [6.07, 6.45) is 3.90. The maximum atomic E-state index is 11.9. The number of allylic oxidation sites excluding steroid dienone is 1. The van der Waals surface area contributed by atoms with Gasteiger partial charge in [-0.1, -0.05) is 29.3 Å². The van der Waals surface area contributed by atoms with Crippen molar-refractivity contribution in [1.29, 1.82) is 0 Å². The highest BCUT2D eigenvalue weighted by Gasteiger charge is 2.13. The van der Waals surface area contributed by atoms with E-state index in [1.807, 2.05) is 6.07 Å². The van der Waals surface area contributed by atoms with E-state index in [-0.39, 0.29) is 5.78 Å². The SMILES string of the molecule is CN1CCN(CCC(=O)C=Cc2ccc(Cl)cc2Cl)CC1. The third kappa shape index (κ3) is 5.44. The first-order valence-electron chi connectivity index (χ1n) is 7.11. The standard InChI is InChI=1S/C16H20Cl2N2O/c1-19-8-10-20(11-9-19)7-6-15(21)5-3-13-2-4-14(17)12-16(13)18/h2-5,12H,6-11H2,1H3. The predicted octanol–water partition coefficient (Wildman–Crippen LogP) is 3.21. The van der Waals surface area contributed by atoms with E-state index in [1.165, 1.54) is 0 Å². The van der Waals surface area contributed by atoms with E-state index in [9.17, 15) is 4.79 Å². The summed E-state index contributed by atoms with van der Waals surface area (Å²) in [5.41, 5.74) is 0.814. The summed E-state index contributed by atoms with van der Waals surface area (Å²) < 4.78 is 0.